The zero-order chi connectivity index (χ0) is 14.0. The van der Waals surface area contributed by atoms with E-state index in [0.29, 0.717) is 10.2 Å². The highest BCUT2D eigenvalue weighted by Crippen LogP contribution is 2.33. The summed E-state index contributed by atoms with van der Waals surface area (Å²) in [7, 11) is -3.79. The molecule has 1 N–H and O–H groups in total. The van der Waals surface area contributed by atoms with Crippen molar-refractivity contribution in [3.8, 4) is 0 Å². The molecule has 1 aliphatic heterocycles. The van der Waals surface area contributed by atoms with Gasteiger partial charge in [-0.25, -0.2) is 0 Å². The van der Waals surface area contributed by atoms with E-state index in [0.717, 1.165) is 0 Å². The van der Waals surface area contributed by atoms with E-state index in [4.69, 9.17) is 4.74 Å². The minimum Gasteiger partial charge on any atom is -0.466 e. The number of nitrogens with one attached hydrogen (secondary N) is 1. The van der Waals surface area contributed by atoms with Gasteiger partial charge in [0, 0.05) is 4.47 Å². The second-order valence-electron chi connectivity index (χ2n) is 3.73. The van der Waals surface area contributed by atoms with Crippen LogP contribution in [0.2, 0.25) is 0 Å². The maximum atomic E-state index is 12.0. The molecule has 0 fully saturated rings. The second kappa shape index (κ2) is 5.30. The molecule has 0 bridgehead atoms. The number of carbonyl (C=O) groups is 1. The van der Waals surface area contributed by atoms with E-state index >= 15 is 0 Å². The lowest BCUT2D eigenvalue weighted by Gasteiger charge is -2.18. The predicted molar refractivity (Wildman–Crippen MR) is 73.6 cm³/mol. The minimum absolute atomic E-state index is 0.0536. The van der Waals surface area contributed by atoms with Gasteiger partial charge < -0.3 is 10.1 Å². The summed E-state index contributed by atoms with van der Waals surface area (Å²) < 4.78 is 32.9. The lowest BCUT2D eigenvalue weighted by atomic mass is 10.3. The van der Waals surface area contributed by atoms with E-state index in [-0.39, 0.29) is 23.8 Å². The van der Waals surface area contributed by atoms with Crippen molar-refractivity contribution in [2.75, 3.05) is 11.9 Å². The Morgan fingerprint density at radius 2 is 2.21 bits per heavy atom. The van der Waals surface area contributed by atoms with E-state index in [1.807, 2.05) is 0 Å². The number of benzene rings is 1. The van der Waals surface area contributed by atoms with E-state index in [1.54, 1.807) is 19.1 Å². The Balaban J connectivity index is 2.36. The van der Waals surface area contributed by atoms with Crippen molar-refractivity contribution in [2.45, 2.75) is 18.2 Å². The molecule has 19 heavy (non-hydrogen) atoms. The van der Waals surface area contributed by atoms with Gasteiger partial charge in [0.15, 0.2) is 0 Å². The first-order chi connectivity index (χ1) is 8.94. The number of hydrogen-bond acceptors (Lipinski definition) is 5. The van der Waals surface area contributed by atoms with Crippen molar-refractivity contribution in [1.29, 1.82) is 0 Å². The van der Waals surface area contributed by atoms with Crippen LogP contribution in [-0.2, 0) is 19.6 Å². The van der Waals surface area contributed by atoms with Crippen molar-refractivity contribution in [1.82, 2.24) is 0 Å². The van der Waals surface area contributed by atoms with Gasteiger partial charge in [-0.1, -0.05) is 6.07 Å². The zero-order valence-corrected chi connectivity index (χ0v) is 12.4. The van der Waals surface area contributed by atoms with Gasteiger partial charge in [-0.3, -0.25) is 4.79 Å². The summed E-state index contributed by atoms with van der Waals surface area (Å²) >= 11 is 3.26. The molecule has 2 rings (SSSR count). The van der Waals surface area contributed by atoms with Crippen LogP contribution in [0, 0.1) is 0 Å². The molecule has 0 atom stereocenters. The molecule has 1 aromatic rings. The van der Waals surface area contributed by atoms with Gasteiger partial charge in [-0.15, -0.1) is 4.40 Å². The number of rotatable bonds is 3. The molecule has 0 saturated carbocycles. The molecule has 0 spiro atoms. The third-order valence-electron chi connectivity index (χ3n) is 2.37. The van der Waals surface area contributed by atoms with Crippen LogP contribution in [0.5, 0.6) is 0 Å². The predicted octanol–water partition coefficient (Wildman–Crippen LogP) is 1.91. The highest BCUT2D eigenvalue weighted by atomic mass is 79.9. The number of esters is 1. The summed E-state index contributed by atoms with van der Waals surface area (Å²) in [5, 5.41) is 2.83. The van der Waals surface area contributed by atoms with Crippen LogP contribution in [-0.4, -0.2) is 26.8 Å². The normalized spacial score (nSPS) is 16.0. The molecule has 6 nitrogen and oxygen atoms in total. The number of para-hydroxylation sites is 1. The van der Waals surface area contributed by atoms with E-state index in [9.17, 15) is 13.2 Å². The van der Waals surface area contributed by atoms with Crippen LogP contribution in [0.15, 0.2) is 32.0 Å². The topological polar surface area (TPSA) is 84.8 Å². The largest absolute Gasteiger partial charge is 0.466 e. The number of nitrogens with zero attached hydrogens (tertiary/aromatic N) is 1. The first-order valence-electron chi connectivity index (χ1n) is 5.49. The number of fused-ring (bicyclic) bond motifs is 1. The number of sulfonamides is 1. The van der Waals surface area contributed by atoms with E-state index in [1.165, 1.54) is 6.07 Å². The van der Waals surface area contributed by atoms with Crippen molar-refractivity contribution >= 4 is 43.4 Å². The Bertz CT molecular complexity index is 655. The quantitative estimate of drug-likeness (QED) is 0.845. The summed E-state index contributed by atoms with van der Waals surface area (Å²) in [5.74, 6) is -0.475. The Hall–Kier alpha value is -1.41. The number of amidine groups is 1. The van der Waals surface area contributed by atoms with Gasteiger partial charge in [0.1, 0.15) is 17.2 Å². The molecule has 0 saturated heterocycles. The highest BCUT2D eigenvalue weighted by Gasteiger charge is 2.27. The van der Waals surface area contributed by atoms with Crippen LogP contribution >= 0.6 is 15.9 Å². The minimum atomic E-state index is -3.79. The average Bonchev–Trinajstić information content (AvgIpc) is 2.30. The van der Waals surface area contributed by atoms with Crippen molar-refractivity contribution in [3.63, 3.8) is 0 Å². The molecule has 0 aliphatic carbocycles. The molecular weight excluding hydrogens is 336 g/mol. The molecule has 102 valence electrons. The number of carbonyl (C=O) groups excluding carboxylic acids is 1. The third kappa shape index (κ3) is 2.95. The standard InChI is InChI=1S/C11H11BrN2O4S/c1-2-18-10(15)6-9-13-11-7(12)4-3-5-8(11)19(16,17)14-9/h3-5H,2,6H2,1H3,(H,13,14). The van der Waals surface area contributed by atoms with E-state index in [2.05, 4.69) is 25.6 Å². The summed E-state index contributed by atoms with van der Waals surface area (Å²) in [5.41, 5.74) is 0.386. The molecule has 1 aromatic carbocycles. The van der Waals surface area contributed by atoms with Crippen molar-refractivity contribution in [2.24, 2.45) is 4.40 Å². The fourth-order valence-electron chi connectivity index (χ4n) is 1.63. The Labute approximate surface area is 119 Å². The Morgan fingerprint density at radius 3 is 2.89 bits per heavy atom. The van der Waals surface area contributed by atoms with Crippen LogP contribution in [0.1, 0.15) is 13.3 Å². The molecule has 0 unspecified atom stereocenters. The molecule has 0 radical (unpaired) electrons. The lowest BCUT2D eigenvalue weighted by Crippen LogP contribution is -2.25. The Kier molecular flexibility index (Phi) is 3.91. The van der Waals surface area contributed by atoms with E-state index < -0.39 is 16.0 Å². The lowest BCUT2D eigenvalue weighted by molar-refractivity contribution is -0.141. The number of anilines is 1. The summed E-state index contributed by atoms with van der Waals surface area (Å²) in [6.07, 6.45) is -0.214. The maximum absolute atomic E-state index is 12.0. The summed E-state index contributed by atoms with van der Waals surface area (Å²) in [4.78, 5) is 11.4. The number of ether oxygens (including phenoxy) is 1. The Morgan fingerprint density at radius 1 is 1.47 bits per heavy atom. The maximum Gasteiger partial charge on any atom is 0.313 e. The van der Waals surface area contributed by atoms with Crippen LogP contribution in [0.4, 0.5) is 5.69 Å². The molecule has 8 heteroatoms. The van der Waals surface area contributed by atoms with Gasteiger partial charge in [-0.2, -0.15) is 8.42 Å². The smallest absolute Gasteiger partial charge is 0.313 e. The zero-order valence-electron chi connectivity index (χ0n) is 10.0. The molecule has 1 heterocycles. The summed E-state index contributed by atoms with van der Waals surface area (Å²) in [6.45, 7) is 1.91. The molecular formula is C11H11BrN2O4S. The fourth-order valence-corrected chi connectivity index (χ4v) is 3.39. The van der Waals surface area contributed by atoms with Gasteiger partial charge in [-0.05, 0) is 35.0 Å². The second-order valence-corrected chi connectivity index (χ2v) is 6.16. The molecule has 1 aliphatic rings. The molecule has 0 aromatic heterocycles. The van der Waals surface area contributed by atoms with Crippen LogP contribution in [0.3, 0.4) is 0 Å². The van der Waals surface area contributed by atoms with Gasteiger partial charge in [0.25, 0.3) is 10.0 Å². The molecule has 0 amide bonds. The summed E-state index contributed by atoms with van der Waals surface area (Å²) in [6, 6.07) is 4.76. The van der Waals surface area contributed by atoms with Crippen LogP contribution in [0.25, 0.3) is 0 Å². The monoisotopic (exact) mass is 346 g/mol. The van der Waals surface area contributed by atoms with Gasteiger partial charge in [0.2, 0.25) is 0 Å². The third-order valence-corrected chi connectivity index (χ3v) is 4.39. The van der Waals surface area contributed by atoms with Crippen molar-refractivity contribution in [3.05, 3.63) is 22.7 Å². The number of halogens is 1. The average molecular weight is 347 g/mol. The van der Waals surface area contributed by atoms with Crippen LogP contribution < -0.4 is 5.32 Å². The highest BCUT2D eigenvalue weighted by molar-refractivity contribution is 9.10. The van der Waals surface area contributed by atoms with Crippen molar-refractivity contribution < 1.29 is 17.9 Å². The first-order valence-corrected chi connectivity index (χ1v) is 7.72. The SMILES string of the molecule is CCOC(=O)CC1=NS(=O)(=O)c2cccc(Br)c2N1. The first kappa shape index (κ1) is 14.0. The van der Waals surface area contributed by atoms with Gasteiger partial charge >= 0.3 is 5.97 Å². The number of hydrogen-bond donors (Lipinski definition) is 1. The van der Waals surface area contributed by atoms with Gasteiger partial charge in [0.05, 0.1) is 12.3 Å². The fraction of sp³-hybridized carbons (Fsp3) is 0.273.